The summed E-state index contributed by atoms with van der Waals surface area (Å²) in [5.74, 6) is 0.127. The maximum absolute atomic E-state index is 14.1. The van der Waals surface area contributed by atoms with Gasteiger partial charge in [0.05, 0.1) is 24.6 Å². The molecule has 2 aromatic rings. The number of hydrogen-bond donors (Lipinski definition) is 3. The van der Waals surface area contributed by atoms with E-state index in [0.717, 1.165) is 80.1 Å². The summed E-state index contributed by atoms with van der Waals surface area (Å²) in [7, 11) is 2.07. The SMILES string of the molecule is C=Nc1cncc(C2CC2)c1C(=NCC(/C=C\N)=C/C(=C)Nc1ncc(F)cc1F)N(C)CC1CCNCC1. The molecule has 0 aromatic carbocycles. The van der Waals surface area contributed by atoms with Crippen LogP contribution < -0.4 is 16.4 Å². The number of halogens is 2. The average Bonchev–Trinajstić information content (AvgIpc) is 3.76. The van der Waals surface area contributed by atoms with E-state index in [2.05, 4.69) is 50.8 Å². The molecule has 0 atom stereocenters. The van der Waals surface area contributed by atoms with Crippen LogP contribution in [0, 0.1) is 17.6 Å². The minimum absolute atomic E-state index is 0.118. The van der Waals surface area contributed by atoms with Crippen LogP contribution in [0.15, 0.2) is 70.8 Å². The number of nitrogens with two attached hydrogens (primary N) is 1. The van der Waals surface area contributed by atoms with Gasteiger partial charge in [-0.05, 0) is 86.8 Å². The zero-order valence-electron chi connectivity index (χ0n) is 22.3. The Kier molecular flexibility index (Phi) is 9.54. The zero-order chi connectivity index (χ0) is 27.8. The molecular weight excluding hydrogens is 498 g/mol. The maximum Gasteiger partial charge on any atom is 0.168 e. The van der Waals surface area contributed by atoms with E-state index in [1.165, 1.54) is 6.20 Å². The van der Waals surface area contributed by atoms with Crippen molar-refractivity contribution in [2.45, 2.75) is 31.6 Å². The van der Waals surface area contributed by atoms with Gasteiger partial charge in [0.15, 0.2) is 11.6 Å². The lowest BCUT2D eigenvalue weighted by atomic mass is 9.96. The molecule has 1 saturated carbocycles. The van der Waals surface area contributed by atoms with Crippen molar-refractivity contribution in [2.75, 3.05) is 38.5 Å². The zero-order valence-corrected chi connectivity index (χ0v) is 22.3. The molecule has 39 heavy (non-hydrogen) atoms. The van der Waals surface area contributed by atoms with E-state index < -0.39 is 11.6 Å². The molecule has 0 radical (unpaired) electrons. The Balaban J connectivity index is 1.65. The van der Waals surface area contributed by atoms with Gasteiger partial charge in [-0.15, -0.1) is 0 Å². The Morgan fingerprint density at radius 1 is 1.23 bits per heavy atom. The van der Waals surface area contributed by atoms with Gasteiger partial charge in [0.1, 0.15) is 11.7 Å². The fraction of sp³-hybridized carbons (Fsp3) is 0.379. The summed E-state index contributed by atoms with van der Waals surface area (Å²) >= 11 is 0. The summed E-state index contributed by atoms with van der Waals surface area (Å²) in [5.41, 5.74) is 9.64. The first kappa shape index (κ1) is 28.1. The van der Waals surface area contributed by atoms with Crippen LogP contribution in [-0.2, 0) is 0 Å². The number of anilines is 1. The molecule has 3 heterocycles. The van der Waals surface area contributed by atoms with Crippen LogP contribution in [0.3, 0.4) is 0 Å². The van der Waals surface area contributed by atoms with Crippen LogP contribution in [0.2, 0.25) is 0 Å². The fourth-order valence-electron chi connectivity index (χ4n) is 4.82. The number of pyridine rings is 2. The number of nitrogens with zero attached hydrogens (tertiary/aromatic N) is 5. The molecule has 2 fully saturated rings. The van der Waals surface area contributed by atoms with Gasteiger partial charge in [0, 0.05) is 37.1 Å². The molecule has 1 aliphatic carbocycles. The van der Waals surface area contributed by atoms with Crippen molar-refractivity contribution < 1.29 is 8.78 Å². The van der Waals surface area contributed by atoms with E-state index in [1.807, 2.05) is 6.20 Å². The molecule has 8 nitrogen and oxygen atoms in total. The number of aromatic nitrogens is 2. The van der Waals surface area contributed by atoms with Crippen LogP contribution in [0.5, 0.6) is 0 Å². The lowest BCUT2D eigenvalue weighted by molar-refractivity contribution is 0.307. The Morgan fingerprint density at radius 2 is 2.00 bits per heavy atom. The predicted octanol–water partition coefficient (Wildman–Crippen LogP) is 4.67. The number of aliphatic imine (C=N–C) groups is 2. The smallest absolute Gasteiger partial charge is 0.168 e. The van der Waals surface area contributed by atoms with Crippen molar-refractivity contribution in [1.29, 1.82) is 0 Å². The van der Waals surface area contributed by atoms with Gasteiger partial charge in [-0.3, -0.25) is 15.0 Å². The quantitative estimate of drug-likeness (QED) is 0.220. The lowest BCUT2D eigenvalue weighted by Gasteiger charge is -2.30. The standard InChI is InChI=1S/C29H36F2N8/c1-19(38-28-25(31)13-23(30)15-36-28)12-21(6-9-32)14-37-29(39(3)18-20-7-10-34-11-8-20)27-24(22-4-5-22)16-35-17-26(27)33-2/h6,9,12-13,15-17,20,22,34H,1-2,4-5,7-8,10-11,14,18,32H2,3H3,(H,36,38)/b9-6-,21-12+,37-29?. The normalized spacial score (nSPS) is 16.9. The third-order valence-corrected chi connectivity index (χ3v) is 6.89. The van der Waals surface area contributed by atoms with Gasteiger partial charge in [0.25, 0.3) is 0 Å². The second-order valence-electron chi connectivity index (χ2n) is 9.98. The van der Waals surface area contributed by atoms with Crippen molar-refractivity contribution in [3.63, 3.8) is 0 Å². The summed E-state index contributed by atoms with van der Waals surface area (Å²) in [6.07, 6.45) is 13.9. The number of nitrogens with one attached hydrogen (secondary N) is 2. The summed E-state index contributed by atoms with van der Waals surface area (Å²) in [6.45, 7) is 10.9. The average molecular weight is 535 g/mol. The summed E-state index contributed by atoms with van der Waals surface area (Å²) in [4.78, 5) is 19.8. The van der Waals surface area contributed by atoms with Crippen molar-refractivity contribution >= 4 is 24.1 Å². The van der Waals surface area contributed by atoms with Gasteiger partial charge in [-0.2, -0.15) is 0 Å². The van der Waals surface area contributed by atoms with Gasteiger partial charge >= 0.3 is 0 Å². The monoisotopic (exact) mass is 534 g/mol. The van der Waals surface area contributed by atoms with Gasteiger partial charge in [-0.25, -0.2) is 13.8 Å². The minimum Gasteiger partial charge on any atom is -0.405 e. The molecule has 206 valence electrons. The van der Waals surface area contributed by atoms with Gasteiger partial charge in [-0.1, -0.05) is 6.58 Å². The van der Waals surface area contributed by atoms with E-state index in [4.69, 9.17) is 10.7 Å². The molecule has 0 unspecified atom stereocenters. The molecule has 10 heteroatoms. The topological polar surface area (TPSA) is 104 Å². The first-order valence-electron chi connectivity index (χ1n) is 13.2. The Bertz CT molecular complexity index is 1280. The van der Waals surface area contributed by atoms with Gasteiger partial charge in [0.2, 0.25) is 0 Å². The van der Waals surface area contributed by atoms with Crippen LogP contribution in [0.25, 0.3) is 0 Å². The Labute approximate surface area is 228 Å². The summed E-state index contributed by atoms with van der Waals surface area (Å²) in [6, 6.07) is 0.763. The molecule has 4 rings (SSSR count). The molecular formula is C29H36F2N8. The molecule has 1 saturated heterocycles. The third kappa shape index (κ3) is 7.57. The number of piperidine rings is 1. The second kappa shape index (κ2) is 13.2. The third-order valence-electron chi connectivity index (χ3n) is 6.89. The second-order valence-corrected chi connectivity index (χ2v) is 9.98. The number of amidine groups is 1. The van der Waals surface area contributed by atoms with E-state index in [9.17, 15) is 8.78 Å². The molecule has 1 aliphatic heterocycles. The largest absolute Gasteiger partial charge is 0.405 e. The minimum atomic E-state index is -0.810. The highest BCUT2D eigenvalue weighted by atomic mass is 19.1. The Hall–Kier alpha value is -3.92. The summed E-state index contributed by atoms with van der Waals surface area (Å²) < 4.78 is 27.3. The van der Waals surface area contributed by atoms with Crippen molar-refractivity contribution in [1.82, 2.24) is 20.2 Å². The van der Waals surface area contributed by atoms with Crippen LogP contribution in [0.4, 0.5) is 20.3 Å². The van der Waals surface area contributed by atoms with E-state index in [-0.39, 0.29) is 12.4 Å². The van der Waals surface area contributed by atoms with Crippen LogP contribution in [0.1, 0.15) is 42.7 Å². The molecule has 0 spiro atoms. The first-order chi connectivity index (χ1) is 18.9. The van der Waals surface area contributed by atoms with Crippen molar-refractivity contribution in [3.8, 4) is 0 Å². The maximum atomic E-state index is 14.1. The van der Waals surface area contributed by atoms with Gasteiger partial charge < -0.3 is 21.3 Å². The number of allylic oxidation sites excluding steroid dienone is 1. The fourth-order valence-corrected chi connectivity index (χ4v) is 4.82. The van der Waals surface area contributed by atoms with Crippen molar-refractivity contribution in [3.05, 3.63) is 83.6 Å². The molecule has 0 bridgehead atoms. The molecule has 4 N–H and O–H groups in total. The highest BCUT2D eigenvalue weighted by Crippen LogP contribution is 2.43. The molecule has 0 amide bonds. The first-order valence-corrected chi connectivity index (χ1v) is 13.2. The predicted molar refractivity (Wildman–Crippen MR) is 153 cm³/mol. The van der Waals surface area contributed by atoms with E-state index in [0.29, 0.717) is 23.2 Å². The molecule has 2 aromatic heterocycles. The lowest BCUT2D eigenvalue weighted by Crippen LogP contribution is -2.38. The van der Waals surface area contributed by atoms with E-state index >= 15 is 0 Å². The highest BCUT2D eigenvalue weighted by molar-refractivity contribution is 6.04. The van der Waals surface area contributed by atoms with Crippen LogP contribution >= 0.6 is 0 Å². The molecule has 2 aliphatic rings. The number of rotatable bonds is 11. The van der Waals surface area contributed by atoms with E-state index in [1.54, 1.807) is 18.3 Å². The highest BCUT2D eigenvalue weighted by Gasteiger charge is 2.31. The Morgan fingerprint density at radius 3 is 2.67 bits per heavy atom. The number of hydrogen-bond acceptors (Lipinski definition) is 7. The van der Waals surface area contributed by atoms with Crippen LogP contribution in [-0.4, -0.2) is 60.6 Å². The van der Waals surface area contributed by atoms with Crippen molar-refractivity contribution in [2.24, 2.45) is 21.6 Å². The summed E-state index contributed by atoms with van der Waals surface area (Å²) in [5, 5.41) is 6.21.